The number of hydrogen-bond acceptors (Lipinski definition) is 6. The fourth-order valence-corrected chi connectivity index (χ4v) is 6.39. The van der Waals surface area contributed by atoms with Crippen molar-refractivity contribution in [2.75, 3.05) is 16.6 Å². The van der Waals surface area contributed by atoms with Gasteiger partial charge in [0.05, 0.1) is 23.5 Å². The lowest BCUT2D eigenvalue weighted by Crippen LogP contribution is -2.16. The van der Waals surface area contributed by atoms with Gasteiger partial charge in [0.2, 0.25) is 0 Å². The summed E-state index contributed by atoms with van der Waals surface area (Å²) < 4.78 is 60.8. The van der Waals surface area contributed by atoms with E-state index in [9.17, 15) is 16.8 Å². The van der Waals surface area contributed by atoms with Gasteiger partial charge in [-0.05, 0) is 49.4 Å². The fourth-order valence-electron chi connectivity index (χ4n) is 2.46. The Balaban J connectivity index is 1.94. The van der Waals surface area contributed by atoms with Crippen LogP contribution in [-0.2, 0) is 20.0 Å². The highest BCUT2D eigenvalue weighted by molar-refractivity contribution is 7.94. The number of hydrogen-bond donors (Lipinski definition) is 2. The van der Waals surface area contributed by atoms with Gasteiger partial charge in [-0.1, -0.05) is 23.7 Å². The van der Waals surface area contributed by atoms with E-state index in [1.807, 2.05) is 0 Å². The predicted molar refractivity (Wildman–Crippen MR) is 115 cm³/mol. The summed E-state index contributed by atoms with van der Waals surface area (Å²) in [5.41, 5.74) is 0.298. The van der Waals surface area contributed by atoms with Gasteiger partial charge in [0.1, 0.15) is 14.9 Å². The van der Waals surface area contributed by atoms with Gasteiger partial charge in [0, 0.05) is 4.88 Å². The molecule has 3 rings (SSSR count). The molecule has 0 fully saturated rings. The Kier molecular flexibility index (Phi) is 6.08. The lowest BCUT2D eigenvalue weighted by Gasteiger charge is -2.14. The van der Waals surface area contributed by atoms with Crippen molar-refractivity contribution in [1.82, 2.24) is 0 Å². The number of anilines is 2. The van der Waals surface area contributed by atoms with Crippen LogP contribution >= 0.6 is 22.9 Å². The molecule has 0 unspecified atom stereocenters. The Morgan fingerprint density at radius 2 is 1.66 bits per heavy atom. The number of sulfonamides is 2. The highest BCUT2D eigenvalue weighted by atomic mass is 35.5. The highest BCUT2D eigenvalue weighted by Crippen LogP contribution is 2.31. The van der Waals surface area contributed by atoms with Gasteiger partial charge in [-0.3, -0.25) is 9.44 Å². The molecule has 0 spiro atoms. The molecule has 3 aromatic rings. The Bertz CT molecular complexity index is 1250. The molecule has 11 heteroatoms. The number of benzene rings is 2. The van der Waals surface area contributed by atoms with Crippen LogP contribution in [0.5, 0.6) is 5.75 Å². The first-order valence-electron chi connectivity index (χ1n) is 8.17. The quantitative estimate of drug-likeness (QED) is 0.533. The molecule has 2 N–H and O–H groups in total. The van der Waals surface area contributed by atoms with Gasteiger partial charge in [0.25, 0.3) is 20.0 Å². The zero-order valence-electron chi connectivity index (χ0n) is 15.3. The second kappa shape index (κ2) is 8.23. The molecule has 0 saturated carbocycles. The van der Waals surface area contributed by atoms with Crippen LogP contribution in [0.1, 0.15) is 4.88 Å². The minimum absolute atomic E-state index is 0.0534. The standard InChI is InChI=1S/C18H17ClN2O5S3/c1-12-7-10-18(27-12)29(24,25)20-13-8-9-14(19)17(11-13)28(22,23)21-15-5-3-4-6-16(15)26-2/h3-11,20-21H,1-2H3. The second-order valence-corrected chi connectivity index (χ2v) is 11.2. The van der Waals surface area contributed by atoms with E-state index in [-0.39, 0.29) is 25.5 Å². The summed E-state index contributed by atoms with van der Waals surface area (Å²) in [6.07, 6.45) is 0. The fraction of sp³-hybridized carbons (Fsp3) is 0.111. The van der Waals surface area contributed by atoms with Crippen molar-refractivity contribution in [3.8, 4) is 5.75 Å². The van der Waals surface area contributed by atoms with Crippen molar-refractivity contribution in [3.05, 3.63) is 64.5 Å². The van der Waals surface area contributed by atoms with Crippen molar-refractivity contribution in [2.45, 2.75) is 16.0 Å². The molecule has 1 heterocycles. The van der Waals surface area contributed by atoms with Crippen LogP contribution in [0, 0.1) is 6.92 Å². The maximum absolute atomic E-state index is 12.9. The molecule has 154 valence electrons. The normalized spacial score (nSPS) is 11.8. The average molecular weight is 473 g/mol. The van der Waals surface area contributed by atoms with E-state index in [1.54, 1.807) is 31.2 Å². The molecule has 0 saturated heterocycles. The highest BCUT2D eigenvalue weighted by Gasteiger charge is 2.22. The summed E-state index contributed by atoms with van der Waals surface area (Å²) in [6, 6.07) is 13.5. The van der Waals surface area contributed by atoms with E-state index < -0.39 is 20.0 Å². The van der Waals surface area contributed by atoms with Gasteiger partial charge in [-0.25, -0.2) is 16.8 Å². The predicted octanol–water partition coefficient (Wildman–Crippen LogP) is 4.32. The first-order valence-corrected chi connectivity index (χ1v) is 12.3. The van der Waals surface area contributed by atoms with Gasteiger partial charge in [0.15, 0.2) is 0 Å². The topological polar surface area (TPSA) is 102 Å². The largest absolute Gasteiger partial charge is 0.495 e. The average Bonchev–Trinajstić information content (AvgIpc) is 3.10. The Hall–Kier alpha value is -2.27. The maximum atomic E-state index is 12.9. The molecule has 0 radical (unpaired) electrons. The van der Waals surface area contributed by atoms with Crippen molar-refractivity contribution in [3.63, 3.8) is 0 Å². The number of halogens is 1. The van der Waals surface area contributed by atoms with Crippen LogP contribution in [0.15, 0.2) is 63.7 Å². The lowest BCUT2D eigenvalue weighted by atomic mass is 10.3. The van der Waals surface area contributed by atoms with E-state index >= 15 is 0 Å². The second-order valence-electron chi connectivity index (χ2n) is 5.92. The molecular weight excluding hydrogens is 456 g/mol. The Morgan fingerprint density at radius 1 is 0.931 bits per heavy atom. The molecule has 0 atom stereocenters. The smallest absolute Gasteiger partial charge is 0.271 e. The van der Waals surface area contributed by atoms with E-state index in [2.05, 4.69) is 9.44 Å². The van der Waals surface area contributed by atoms with Gasteiger partial charge >= 0.3 is 0 Å². The third-order valence-corrected chi connectivity index (χ3v) is 8.53. The molecule has 0 bridgehead atoms. The molecule has 0 amide bonds. The summed E-state index contributed by atoms with van der Waals surface area (Å²) in [4.78, 5) is 0.568. The van der Waals surface area contributed by atoms with Crippen LogP contribution < -0.4 is 14.2 Å². The number of nitrogens with one attached hydrogen (secondary N) is 2. The zero-order valence-corrected chi connectivity index (χ0v) is 18.5. The molecule has 2 aromatic carbocycles. The van der Waals surface area contributed by atoms with Gasteiger partial charge in [-0.2, -0.15) is 0 Å². The molecule has 7 nitrogen and oxygen atoms in total. The molecule has 0 aliphatic heterocycles. The number of para-hydroxylation sites is 2. The third kappa shape index (κ3) is 4.84. The minimum Gasteiger partial charge on any atom is -0.495 e. The summed E-state index contributed by atoms with van der Waals surface area (Å²) in [5.74, 6) is 0.331. The van der Waals surface area contributed by atoms with Crippen molar-refractivity contribution in [1.29, 1.82) is 0 Å². The van der Waals surface area contributed by atoms with E-state index in [4.69, 9.17) is 16.3 Å². The molecule has 1 aromatic heterocycles. The third-order valence-electron chi connectivity index (χ3n) is 3.80. The van der Waals surface area contributed by atoms with E-state index in [0.717, 1.165) is 22.3 Å². The number of methoxy groups -OCH3 is 1. The summed E-state index contributed by atoms with van der Waals surface area (Å²) in [6.45, 7) is 1.79. The number of rotatable bonds is 7. The van der Waals surface area contributed by atoms with E-state index in [0.29, 0.717) is 5.75 Å². The van der Waals surface area contributed by atoms with Crippen LogP contribution in [-0.4, -0.2) is 23.9 Å². The minimum atomic E-state index is -4.11. The first-order chi connectivity index (χ1) is 13.6. The number of aryl methyl sites for hydroxylation is 1. The Morgan fingerprint density at radius 3 is 2.31 bits per heavy atom. The molecule has 0 aliphatic carbocycles. The summed E-state index contributed by atoms with van der Waals surface area (Å²) in [7, 11) is -6.54. The van der Waals surface area contributed by atoms with Crippen LogP contribution in [0.2, 0.25) is 5.02 Å². The molecule has 0 aliphatic rings. The van der Waals surface area contributed by atoms with Crippen LogP contribution in [0.3, 0.4) is 0 Å². The monoisotopic (exact) mass is 472 g/mol. The van der Waals surface area contributed by atoms with Crippen LogP contribution in [0.4, 0.5) is 11.4 Å². The molecule has 29 heavy (non-hydrogen) atoms. The molecular formula is C18H17ClN2O5S3. The van der Waals surface area contributed by atoms with E-state index in [1.165, 1.54) is 31.4 Å². The number of ether oxygens (including phenoxy) is 1. The maximum Gasteiger partial charge on any atom is 0.271 e. The first kappa shape index (κ1) is 21.4. The SMILES string of the molecule is COc1ccccc1NS(=O)(=O)c1cc(NS(=O)(=O)c2ccc(C)s2)ccc1Cl. The number of thiophene rings is 1. The van der Waals surface area contributed by atoms with Gasteiger partial charge < -0.3 is 4.74 Å². The Labute approximate surface area is 178 Å². The summed E-state index contributed by atoms with van der Waals surface area (Å²) >= 11 is 7.20. The zero-order chi connectivity index (χ0) is 21.2. The summed E-state index contributed by atoms with van der Waals surface area (Å²) in [5, 5.41) is -0.0534. The lowest BCUT2D eigenvalue weighted by molar-refractivity contribution is 0.417. The van der Waals surface area contributed by atoms with Crippen molar-refractivity contribution in [2.24, 2.45) is 0 Å². The van der Waals surface area contributed by atoms with Crippen molar-refractivity contribution < 1.29 is 21.6 Å². The van der Waals surface area contributed by atoms with Crippen molar-refractivity contribution >= 4 is 54.4 Å². The van der Waals surface area contributed by atoms with Crippen LogP contribution in [0.25, 0.3) is 0 Å². The van der Waals surface area contributed by atoms with Gasteiger partial charge in [-0.15, -0.1) is 11.3 Å².